The second-order valence-electron chi connectivity index (χ2n) is 5.21. The molecular formula is C14H21NO2. The molecule has 2 rings (SSSR count). The quantitative estimate of drug-likeness (QED) is 0.845. The van der Waals surface area contributed by atoms with Crippen LogP contribution < -0.4 is 10.5 Å². The summed E-state index contributed by atoms with van der Waals surface area (Å²) in [5, 5.41) is 10.4. The molecule has 3 heteroatoms. The maximum Gasteiger partial charge on any atom is 0.163 e. The molecule has 1 aromatic carbocycles. The fourth-order valence-corrected chi connectivity index (χ4v) is 2.90. The van der Waals surface area contributed by atoms with E-state index in [0.717, 1.165) is 29.5 Å². The second kappa shape index (κ2) is 3.91. The fourth-order valence-electron chi connectivity index (χ4n) is 2.90. The SMILES string of the molecule is COc1c(C)cc(C)c(C2(C(C)N)CC2)c1O. The van der Waals surface area contributed by atoms with Crippen LogP contribution in [-0.2, 0) is 5.41 Å². The fraction of sp³-hybridized carbons (Fsp3) is 0.571. The van der Waals surface area contributed by atoms with Gasteiger partial charge in [0.05, 0.1) is 7.11 Å². The molecular weight excluding hydrogens is 214 g/mol. The number of methoxy groups -OCH3 is 1. The van der Waals surface area contributed by atoms with Gasteiger partial charge < -0.3 is 15.6 Å². The van der Waals surface area contributed by atoms with Gasteiger partial charge in [0.2, 0.25) is 0 Å². The molecule has 1 aliphatic carbocycles. The smallest absolute Gasteiger partial charge is 0.163 e. The van der Waals surface area contributed by atoms with E-state index in [-0.39, 0.29) is 17.2 Å². The number of benzene rings is 1. The number of rotatable bonds is 3. The third kappa shape index (κ3) is 1.69. The van der Waals surface area contributed by atoms with Crippen molar-refractivity contribution in [1.82, 2.24) is 0 Å². The van der Waals surface area contributed by atoms with Crippen LogP contribution in [0.5, 0.6) is 11.5 Å². The van der Waals surface area contributed by atoms with Gasteiger partial charge in [-0.1, -0.05) is 6.07 Å². The Morgan fingerprint density at radius 1 is 1.35 bits per heavy atom. The molecule has 1 fully saturated rings. The maximum absolute atomic E-state index is 10.4. The van der Waals surface area contributed by atoms with Crippen molar-refractivity contribution in [2.24, 2.45) is 5.73 Å². The van der Waals surface area contributed by atoms with Gasteiger partial charge in [-0.05, 0) is 44.7 Å². The molecule has 0 spiro atoms. The van der Waals surface area contributed by atoms with Gasteiger partial charge in [0.1, 0.15) is 0 Å². The van der Waals surface area contributed by atoms with E-state index in [1.807, 2.05) is 20.8 Å². The largest absolute Gasteiger partial charge is 0.504 e. The number of ether oxygens (including phenoxy) is 1. The minimum atomic E-state index is -0.0465. The van der Waals surface area contributed by atoms with Crippen molar-refractivity contribution in [1.29, 1.82) is 0 Å². The first-order valence-corrected chi connectivity index (χ1v) is 6.07. The number of nitrogens with two attached hydrogens (primary N) is 1. The number of phenols is 1. The third-order valence-electron chi connectivity index (χ3n) is 4.00. The van der Waals surface area contributed by atoms with E-state index in [1.54, 1.807) is 7.11 Å². The van der Waals surface area contributed by atoms with Crippen LogP contribution in [0.3, 0.4) is 0 Å². The van der Waals surface area contributed by atoms with Gasteiger partial charge in [-0.3, -0.25) is 0 Å². The molecule has 94 valence electrons. The molecule has 1 unspecified atom stereocenters. The molecule has 1 atom stereocenters. The van der Waals surface area contributed by atoms with Crippen molar-refractivity contribution in [3.63, 3.8) is 0 Å². The molecule has 0 radical (unpaired) electrons. The van der Waals surface area contributed by atoms with Gasteiger partial charge in [0, 0.05) is 17.0 Å². The van der Waals surface area contributed by atoms with Gasteiger partial charge in [0.15, 0.2) is 11.5 Å². The monoisotopic (exact) mass is 235 g/mol. The summed E-state index contributed by atoms with van der Waals surface area (Å²) in [5.41, 5.74) is 9.09. The van der Waals surface area contributed by atoms with E-state index in [4.69, 9.17) is 10.5 Å². The Morgan fingerprint density at radius 2 is 1.94 bits per heavy atom. The summed E-state index contributed by atoms with van der Waals surface area (Å²) in [4.78, 5) is 0. The minimum Gasteiger partial charge on any atom is -0.504 e. The topological polar surface area (TPSA) is 55.5 Å². The van der Waals surface area contributed by atoms with Crippen LogP contribution >= 0.6 is 0 Å². The Bertz CT molecular complexity index is 448. The summed E-state index contributed by atoms with van der Waals surface area (Å²) >= 11 is 0. The van der Waals surface area contributed by atoms with E-state index in [2.05, 4.69) is 6.07 Å². The first kappa shape index (κ1) is 12.2. The van der Waals surface area contributed by atoms with Gasteiger partial charge in [-0.25, -0.2) is 0 Å². The van der Waals surface area contributed by atoms with E-state index >= 15 is 0 Å². The third-order valence-corrected chi connectivity index (χ3v) is 4.00. The standard InChI is InChI=1S/C14H21NO2/c1-8-7-9(2)13(17-4)12(16)11(8)14(5-6-14)10(3)15/h7,10,16H,5-6,15H2,1-4H3. The highest BCUT2D eigenvalue weighted by Crippen LogP contribution is 2.56. The lowest BCUT2D eigenvalue weighted by Gasteiger charge is -2.25. The Kier molecular flexibility index (Phi) is 2.82. The number of hydrogen-bond acceptors (Lipinski definition) is 3. The molecule has 0 heterocycles. The normalized spacial score (nSPS) is 18.9. The number of phenolic OH excluding ortho intramolecular Hbond substituents is 1. The average Bonchev–Trinajstić information content (AvgIpc) is 2.98. The second-order valence-corrected chi connectivity index (χ2v) is 5.21. The summed E-state index contributed by atoms with van der Waals surface area (Å²) in [6, 6.07) is 2.12. The lowest BCUT2D eigenvalue weighted by Crippen LogP contribution is -2.32. The predicted octanol–water partition coefficient (Wildman–Crippen LogP) is 2.40. The first-order valence-electron chi connectivity index (χ1n) is 6.07. The summed E-state index contributed by atoms with van der Waals surface area (Å²) in [6.45, 7) is 5.99. The Morgan fingerprint density at radius 3 is 2.35 bits per heavy atom. The average molecular weight is 235 g/mol. The van der Waals surface area contributed by atoms with Crippen LogP contribution in [0.2, 0.25) is 0 Å². The van der Waals surface area contributed by atoms with Crippen molar-refractivity contribution >= 4 is 0 Å². The first-order chi connectivity index (χ1) is 7.94. The number of hydrogen-bond donors (Lipinski definition) is 2. The maximum atomic E-state index is 10.4. The molecule has 0 aliphatic heterocycles. The van der Waals surface area contributed by atoms with Crippen molar-refractivity contribution < 1.29 is 9.84 Å². The van der Waals surface area contributed by atoms with Crippen molar-refractivity contribution in [3.05, 3.63) is 22.8 Å². The Balaban J connectivity index is 2.62. The molecule has 1 aromatic rings. The minimum absolute atomic E-state index is 0.0465. The highest BCUT2D eigenvalue weighted by atomic mass is 16.5. The van der Waals surface area contributed by atoms with Crippen LogP contribution in [0.15, 0.2) is 6.07 Å². The Hall–Kier alpha value is -1.22. The zero-order chi connectivity index (χ0) is 12.8. The highest BCUT2D eigenvalue weighted by molar-refractivity contribution is 5.59. The molecule has 0 aromatic heterocycles. The molecule has 0 saturated heterocycles. The van der Waals surface area contributed by atoms with E-state index in [1.165, 1.54) is 0 Å². The van der Waals surface area contributed by atoms with Gasteiger partial charge in [-0.2, -0.15) is 0 Å². The molecule has 3 N–H and O–H groups in total. The molecule has 1 saturated carbocycles. The van der Waals surface area contributed by atoms with Crippen LogP contribution in [0.25, 0.3) is 0 Å². The summed E-state index contributed by atoms with van der Waals surface area (Å²) < 4.78 is 5.28. The predicted molar refractivity (Wildman–Crippen MR) is 68.7 cm³/mol. The van der Waals surface area contributed by atoms with Gasteiger partial charge in [-0.15, -0.1) is 0 Å². The van der Waals surface area contributed by atoms with Crippen LogP contribution in [0, 0.1) is 13.8 Å². The Labute approximate surface area is 103 Å². The van der Waals surface area contributed by atoms with Crippen LogP contribution in [0.1, 0.15) is 36.5 Å². The number of aryl methyl sites for hydroxylation is 2. The van der Waals surface area contributed by atoms with Crippen LogP contribution in [-0.4, -0.2) is 18.3 Å². The zero-order valence-electron chi connectivity index (χ0n) is 11.0. The molecule has 0 amide bonds. The molecule has 17 heavy (non-hydrogen) atoms. The highest BCUT2D eigenvalue weighted by Gasteiger charge is 2.50. The lowest BCUT2D eigenvalue weighted by molar-refractivity contribution is 0.362. The van der Waals surface area contributed by atoms with Gasteiger partial charge >= 0.3 is 0 Å². The summed E-state index contributed by atoms with van der Waals surface area (Å²) in [6.07, 6.45) is 2.09. The molecule has 0 bridgehead atoms. The van der Waals surface area contributed by atoms with E-state index in [9.17, 15) is 5.11 Å². The van der Waals surface area contributed by atoms with E-state index in [0.29, 0.717) is 5.75 Å². The lowest BCUT2D eigenvalue weighted by atomic mass is 9.84. The molecule has 1 aliphatic rings. The van der Waals surface area contributed by atoms with E-state index < -0.39 is 0 Å². The van der Waals surface area contributed by atoms with Gasteiger partial charge in [0.25, 0.3) is 0 Å². The number of aromatic hydroxyl groups is 1. The summed E-state index contributed by atoms with van der Waals surface area (Å²) in [7, 11) is 1.59. The van der Waals surface area contributed by atoms with Crippen molar-refractivity contribution in [2.75, 3.05) is 7.11 Å². The van der Waals surface area contributed by atoms with Crippen LogP contribution in [0.4, 0.5) is 0 Å². The van der Waals surface area contributed by atoms with Crippen molar-refractivity contribution in [3.8, 4) is 11.5 Å². The summed E-state index contributed by atoms with van der Waals surface area (Å²) in [5.74, 6) is 0.859. The molecule has 3 nitrogen and oxygen atoms in total. The van der Waals surface area contributed by atoms with Crippen molar-refractivity contribution in [2.45, 2.75) is 45.1 Å². The zero-order valence-corrected chi connectivity index (χ0v) is 11.0.